The average molecular weight is 349 g/mol. The number of anilines is 1. The van der Waals surface area contributed by atoms with Gasteiger partial charge in [-0.3, -0.25) is 4.79 Å². The zero-order valence-corrected chi connectivity index (χ0v) is 13.4. The van der Waals surface area contributed by atoms with Gasteiger partial charge in [-0.1, -0.05) is 18.0 Å². The number of rotatable bonds is 8. The van der Waals surface area contributed by atoms with E-state index in [-0.39, 0.29) is 5.97 Å². The highest BCUT2D eigenvalue weighted by molar-refractivity contribution is 9.10. The maximum Gasteiger partial charge on any atom is 0.305 e. The molecule has 0 unspecified atom stereocenters. The first-order valence-electron chi connectivity index (χ1n) is 6.48. The molecule has 0 aliphatic rings. The zero-order chi connectivity index (χ0) is 14.1. The molecule has 1 N–H and O–H groups in total. The summed E-state index contributed by atoms with van der Waals surface area (Å²) in [5.74, 6) is -0.0999. The largest absolute Gasteiger partial charge is 0.466 e. The summed E-state index contributed by atoms with van der Waals surface area (Å²) in [6.45, 7) is 3.18. The fraction of sp³-hybridized carbons (Fsp3) is 0.500. The first kappa shape index (κ1) is 16.3. The summed E-state index contributed by atoms with van der Waals surface area (Å²) in [5, 5.41) is 4.03. The van der Waals surface area contributed by atoms with Crippen LogP contribution in [-0.2, 0) is 9.53 Å². The van der Waals surface area contributed by atoms with Crippen molar-refractivity contribution >= 4 is 39.2 Å². The van der Waals surface area contributed by atoms with Crippen molar-refractivity contribution in [1.82, 2.24) is 0 Å². The third-order valence-electron chi connectivity index (χ3n) is 2.61. The van der Waals surface area contributed by atoms with E-state index >= 15 is 0 Å². The highest BCUT2D eigenvalue weighted by atomic mass is 79.9. The first-order valence-corrected chi connectivity index (χ1v) is 7.65. The number of benzene rings is 1. The molecule has 0 heterocycles. The fourth-order valence-corrected chi connectivity index (χ4v) is 2.14. The lowest BCUT2D eigenvalue weighted by Gasteiger charge is -2.07. The molecule has 0 atom stereocenters. The first-order chi connectivity index (χ1) is 9.13. The zero-order valence-electron chi connectivity index (χ0n) is 11.0. The van der Waals surface area contributed by atoms with Gasteiger partial charge in [-0.15, -0.1) is 0 Å². The Hall–Kier alpha value is -0.740. The normalized spacial score (nSPS) is 10.3. The molecule has 1 rings (SSSR count). The summed E-state index contributed by atoms with van der Waals surface area (Å²) >= 11 is 9.31. The van der Waals surface area contributed by atoms with Crippen molar-refractivity contribution in [2.24, 2.45) is 0 Å². The van der Waals surface area contributed by atoms with Gasteiger partial charge in [0.15, 0.2) is 0 Å². The molecule has 0 amide bonds. The Kier molecular flexibility index (Phi) is 7.91. The minimum atomic E-state index is -0.0999. The Balaban J connectivity index is 2.10. The van der Waals surface area contributed by atoms with Crippen LogP contribution >= 0.6 is 27.5 Å². The number of unbranched alkanes of at least 4 members (excludes halogenated alkanes) is 2. The standard InChI is InChI=1S/C14H19BrClNO2/c1-2-19-14(18)6-4-3-5-9-17-11-7-8-13(16)12(15)10-11/h7-8,10,17H,2-6,9H2,1H3. The summed E-state index contributed by atoms with van der Waals surface area (Å²) in [6, 6.07) is 5.77. The van der Waals surface area contributed by atoms with Crippen LogP contribution in [0.4, 0.5) is 5.69 Å². The van der Waals surface area contributed by atoms with Gasteiger partial charge in [0.1, 0.15) is 0 Å². The van der Waals surface area contributed by atoms with Crippen molar-refractivity contribution < 1.29 is 9.53 Å². The van der Waals surface area contributed by atoms with E-state index in [0.29, 0.717) is 18.1 Å². The Morgan fingerprint density at radius 2 is 2.16 bits per heavy atom. The number of halogens is 2. The van der Waals surface area contributed by atoms with Gasteiger partial charge in [-0.25, -0.2) is 0 Å². The Bertz CT molecular complexity index is 412. The molecule has 0 saturated carbocycles. The third kappa shape index (κ3) is 6.83. The second-order valence-electron chi connectivity index (χ2n) is 4.17. The third-order valence-corrected chi connectivity index (χ3v) is 3.83. The highest BCUT2D eigenvalue weighted by Crippen LogP contribution is 2.25. The molecule has 0 bridgehead atoms. The second-order valence-corrected chi connectivity index (χ2v) is 5.43. The molecule has 0 aliphatic heterocycles. The predicted octanol–water partition coefficient (Wildman–Crippen LogP) is 4.64. The van der Waals surface area contributed by atoms with Crippen LogP contribution in [0.15, 0.2) is 22.7 Å². The average Bonchev–Trinajstić information content (AvgIpc) is 2.38. The second kappa shape index (κ2) is 9.21. The lowest BCUT2D eigenvalue weighted by atomic mass is 10.2. The van der Waals surface area contributed by atoms with Gasteiger partial charge in [0.25, 0.3) is 0 Å². The fourth-order valence-electron chi connectivity index (χ4n) is 1.64. The lowest BCUT2D eigenvalue weighted by molar-refractivity contribution is -0.143. The van der Waals surface area contributed by atoms with Gasteiger partial charge in [0.2, 0.25) is 0 Å². The summed E-state index contributed by atoms with van der Waals surface area (Å²) in [7, 11) is 0. The number of hydrogen-bond acceptors (Lipinski definition) is 3. The van der Waals surface area contributed by atoms with E-state index in [1.165, 1.54) is 0 Å². The highest BCUT2D eigenvalue weighted by Gasteiger charge is 2.01. The van der Waals surface area contributed by atoms with Crippen molar-refractivity contribution in [1.29, 1.82) is 0 Å². The van der Waals surface area contributed by atoms with Crippen LogP contribution in [0.25, 0.3) is 0 Å². The molecular formula is C14H19BrClNO2. The van der Waals surface area contributed by atoms with E-state index in [1.54, 1.807) is 0 Å². The van der Waals surface area contributed by atoms with E-state index in [9.17, 15) is 4.79 Å². The van der Waals surface area contributed by atoms with E-state index < -0.39 is 0 Å². The molecule has 0 aromatic heterocycles. The number of nitrogens with one attached hydrogen (secondary N) is 1. The van der Waals surface area contributed by atoms with E-state index in [4.69, 9.17) is 16.3 Å². The molecule has 3 nitrogen and oxygen atoms in total. The monoisotopic (exact) mass is 347 g/mol. The maximum atomic E-state index is 11.1. The molecule has 0 aliphatic carbocycles. The Morgan fingerprint density at radius 1 is 1.37 bits per heavy atom. The topological polar surface area (TPSA) is 38.3 Å². The number of esters is 1. The quantitative estimate of drug-likeness (QED) is 0.549. The number of ether oxygens (including phenoxy) is 1. The Morgan fingerprint density at radius 3 is 2.84 bits per heavy atom. The summed E-state index contributed by atoms with van der Waals surface area (Å²) in [4.78, 5) is 11.1. The molecule has 0 spiro atoms. The Labute approximate surface area is 127 Å². The molecule has 106 valence electrons. The van der Waals surface area contributed by atoms with Crippen molar-refractivity contribution in [3.8, 4) is 0 Å². The van der Waals surface area contributed by atoms with Gasteiger partial charge in [0, 0.05) is 23.1 Å². The van der Waals surface area contributed by atoms with Gasteiger partial charge in [0.05, 0.1) is 11.6 Å². The molecule has 19 heavy (non-hydrogen) atoms. The van der Waals surface area contributed by atoms with Crippen molar-refractivity contribution in [3.63, 3.8) is 0 Å². The van der Waals surface area contributed by atoms with Crippen LogP contribution in [0.1, 0.15) is 32.6 Å². The number of carbonyl (C=O) groups is 1. The smallest absolute Gasteiger partial charge is 0.305 e. The van der Waals surface area contributed by atoms with Gasteiger partial charge >= 0.3 is 5.97 Å². The van der Waals surface area contributed by atoms with Crippen LogP contribution in [0.2, 0.25) is 5.02 Å². The van der Waals surface area contributed by atoms with Gasteiger partial charge in [-0.2, -0.15) is 0 Å². The van der Waals surface area contributed by atoms with Crippen molar-refractivity contribution in [3.05, 3.63) is 27.7 Å². The van der Waals surface area contributed by atoms with E-state index in [0.717, 1.165) is 36.0 Å². The van der Waals surface area contributed by atoms with Crippen LogP contribution in [0.3, 0.4) is 0 Å². The van der Waals surface area contributed by atoms with Gasteiger partial charge in [-0.05, 0) is 53.9 Å². The van der Waals surface area contributed by atoms with Crippen LogP contribution in [-0.4, -0.2) is 19.1 Å². The molecule has 0 saturated heterocycles. The van der Waals surface area contributed by atoms with E-state index in [1.807, 2.05) is 25.1 Å². The predicted molar refractivity (Wildman–Crippen MR) is 82.7 cm³/mol. The summed E-state index contributed by atoms with van der Waals surface area (Å²) in [6.07, 6.45) is 3.44. The van der Waals surface area contributed by atoms with Crippen LogP contribution in [0.5, 0.6) is 0 Å². The minimum Gasteiger partial charge on any atom is -0.466 e. The minimum absolute atomic E-state index is 0.0999. The lowest BCUT2D eigenvalue weighted by Crippen LogP contribution is -2.05. The van der Waals surface area contributed by atoms with Crippen molar-refractivity contribution in [2.45, 2.75) is 32.6 Å². The maximum absolute atomic E-state index is 11.1. The molecule has 1 aromatic rings. The van der Waals surface area contributed by atoms with Gasteiger partial charge < -0.3 is 10.1 Å². The van der Waals surface area contributed by atoms with Crippen molar-refractivity contribution in [2.75, 3.05) is 18.5 Å². The summed E-state index contributed by atoms with van der Waals surface area (Å²) in [5.41, 5.74) is 1.04. The SMILES string of the molecule is CCOC(=O)CCCCCNc1ccc(Cl)c(Br)c1. The summed E-state index contributed by atoms with van der Waals surface area (Å²) < 4.78 is 5.76. The number of carbonyl (C=O) groups excluding carboxylic acids is 1. The molecular weight excluding hydrogens is 330 g/mol. The molecule has 0 fully saturated rings. The molecule has 5 heteroatoms. The van der Waals surface area contributed by atoms with Crippen LogP contribution < -0.4 is 5.32 Å². The van der Waals surface area contributed by atoms with E-state index in [2.05, 4.69) is 21.2 Å². The van der Waals surface area contributed by atoms with Crippen LogP contribution in [0, 0.1) is 0 Å². The number of hydrogen-bond donors (Lipinski definition) is 1. The molecule has 1 aromatic carbocycles. The molecule has 0 radical (unpaired) electrons.